The van der Waals surface area contributed by atoms with E-state index in [2.05, 4.69) is 20.4 Å². The number of aromatic nitrogens is 4. The minimum absolute atomic E-state index is 0.137. The Morgan fingerprint density at radius 1 is 1.07 bits per heavy atom. The summed E-state index contributed by atoms with van der Waals surface area (Å²) >= 11 is 6.39. The molecule has 0 aliphatic rings. The Kier molecular flexibility index (Phi) is 5.40. The Hall–Kier alpha value is -3.78. The Balaban J connectivity index is 1.51. The predicted octanol–water partition coefficient (Wildman–Crippen LogP) is 4.81. The number of amides is 1. The van der Waals surface area contributed by atoms with Crippen LogP contribution in [0.2, 0.25) is 5.15 Å². The zero-order chi connectivity index (χ0) is 21.1. The first kappa shape index (κ1) is 19.5. The summed E-state index contributed by atoms with van der Waals surface area (Å²) in [5.74, 6) is -0.258. The van der Waals surface area contributed by atoms with Crippen LogP contribution in [0.4, 0.5) is 10.1 Å². The quantitative estimate of drug-likeness (QED) is 0.498. The van der Waals surface area contributed by atoms with Gasteiger partial charge in [0, 0.05) is 18.1 Å². The van der Waals surface area contributed by atoms with Crippen molar-refractivity contribution in [1.82, 2.24) is 19.7 Å². The summed E-state index contributed by atoms with van der Waals surface area (Å²) in [6.45, 7) is 1.68. The number of hydrogen-bond donors (Lipinski definition) is 1. The summed E-state index contributed by atoms with van der Waals surface area (Å²) in [6.07, 6.45) is 3.16. The highest BCUT2D eigenvalue weighted by Gasteiger charge is 2.21. The zero-order valence-electron chi connectivity index (χ0n) is 15.7. The lowest BCUT2D eigenvalue weighted by Crippen LogP contribution is -2.13. The van der Waals surface area contributed by atoms with Crippen LogP contribution in [0.15, 0.2) is 67.0 Å². The zero-order valence-corrected chi connectivity index (χ0v) is 16.5. The van der Waals surface area contributed by atoms with Crippen LogP contribution in [-0.4, -0.2) is 25.7 Å². The Morgan fingerprint density at radius 2 is 1.73 bits per heavy atom. The highest BCUT2D eigenvalue weighted by Crippen LogP contribution is 2.26. The minimum atomic E-state index is -0.411. The number of nitrogens with zero attached hydrogens (tertiary/aromatic N) is 4. The molecular formula is C21H15ClFN5O2. The van der Waals surface area contributed by atoms with E-state index < -0.39 is 5.91 Å². The van der Waals surface area contributed by atoms with Crippen molar-refractivity contribution in [3.8, 4) is 17.4 Å². The summed E-state index contributed by atoms with van der Waals surface area (Å²) in [5, 5.41) is 7.22. The van der Waals surface area contributed by atoms with Gasteiger partial charge in [0.05, 0.1) is 11.4 Å². The lowest BCUT2D eigenvalue weighted by Gasteiger charge is -2.07. The standard InChI is InChI=1S/C21H15ClFN5O2/c1-13-18(19(22)28(27-13)16-7-3-14(23)4-8-16)20(29)26-15-5-9-17(10-6-15)30-21-24-11-2-12-25-21/h2-12H,1H3,(H,26,29). The van der Waals surface area contributed by atoms with Crippen LogP contribution in [0.1, 0.15) is 16.1 Å². The molecular weight excluding hydrogens is 409 g/mol. The first-order chi connectivity index (χ1) is 14.5. The van der Waals surface area contributed by atoms with Gasteiger partial charge in [0.1, 0.15) is 22.3 Å². The fraction of sp³-hybridized carbons (Fsp3) is 0.0476. The minimum Gasteiger partial charge on any atom is -0.424 e. The molecule has 1 N–H and O–H groups in total. The first-order valence-electron chi connectivity index (χ1n) is 8.88. The normalized spacial score (nSPS) is 10.6. The molecule has 0 aliphatic carbocycles. The summed E-state index contributed by atoms with van der Waals surface area (Å²) in [5.41, 5.74) is 1.78. The van der Waals surface area contributed by atoms with Crippen LogP contribution < -0.4 is 10.1 Å². The van der Waals surface area contributed by atoms with Gasteiger partial charge in [-0.3, -0.25) is 4.79 Å². The van der Waals surface area contributed by atoms with E-state index in [-0.39, 0.29) is 22.5 Å². The second-order valence-electron chi connectivity index (χ2n) is 6.25. The van der Waals surface area contributed by atoms with Crippen molar-refractivity contribution in [3.05, 3.63) is 89.2 Å². The first-order valence-corrected chi connectivity index (χ1v) is 9.26. The molecule has 0 bridgehead atoms. The number of benzene rings is 2. The van der Waals surface area contributed by atoms with E-state index in [9.17, 15) is 9.18 Å². The Morgan fingerprint density at radius 3 is 2.40 bits per heavy atom. The highest BCUT2D eigenvalue weighted by molar-refractivity contribution is 6.34. The molecule has 0 atom stereocenters. The molecule has 2 aromatic carbocycles. The Labute approximate surface area is 176 Å². The molecule has 7 nitrogen and oxygen atoms in total. The lowest BCUT2D eigenvalue weighted by atomic mass is 10.2. The van der Waals surface area contributed by atoms with Gasteiger partial charge >= 0.3 is 6.01 Å². The fourth-order valence-electron chi connectivity index (χ4n) is 2.75. The number of nitrogens with one attached hydrogen (secondary N) is 1. The van der Waals surface area contributed by atoms with Crippen molar-refractivity contribution >= 4 is 23.2 Å². The van der Waals surface area contributed by atoms with E-state index in [0.717, 1.165) is 0 Å². The van der Waals surface area contributed by atoms with Gasteiger partial charge in [0.15, 0.2) is 0 Å². The van der Waals surface area contributed by atoms with Gasteiger partial charge in [-0.1, -0.05) is 11.6 Å². The van der Waals surface area contributed by atoms with Crippen LogP contribution in [0.3, 0.4) is 0 Å². The van der Waals surface area contributed by atoms with E-state index >= 15 is 0 Å². The molecule has 1 amide bonds. The molecule has 0 aliphatic heterocycles. The number of anilines is 1. The van der Waals surface area contributed by atoms with Crippen molar-refractivity contribution in [3.63, 3.8) is 0 Å². The molecule has 0 unspecified atom stereocenters. The van der Waals surface area contributed by atoms with Gasteiger partial charge in [-0.15, -0.1) is 0 Å². The molecule has 0 saturated heterocycles. The molecule has 0 spiro atoms. The topological polar surface area (TPSA) is 81.9 Å². The molecule has 4 aromatic rings. The maximum Gasteiger partial charge on any atom is 0.321 e. The van der Waals surface area contributed by atoms with Gasteiger partial charge in [-0.2, -0.15) is 5.10 Å². The number of aryl methyl sites for hydroxylation is 1. The van der Waals surface area contributed by atoms with Crippen LogP contribution in [0.25, 0.3) is 5.69 Å². The van der Waals surface area contributed by atoms with Crippen LogP contribution in [0, 0.1) is 12.7 Å². The van der Waals surface area contributed by atoms with E-state index in [0.29, 0.717) is 22.8 Å². The molecule has 2 aromatic heterocycles. The van der Waals surface area contributed by atoms with E-state index in [1.807, 2.05) is 0 Å². The van der Waals surface area contributed by atoms with E-state index in [1.54, 1.807) is 49.6 Å². The summed E-state index contributed by atoms with van der Waals surface area (Å²) in [7, 11) is 0. The maximum atomic E-state index is 13.2. The smallest absolute Gasteiger partial charge is 0.321 e. The third kappa shape index (κ3) is 4.13. The molecule has 0 radical (unpaired) electrons. The number of rotatable bonds is 5. The highest BCUT2D eigenvalue weighted by atomic mass is 35.5. The second-order valence-corrected chi connectivity index (χ2v) is 6.61. The number of halogens is 2. The molecule has 2 heterocycles. The van der Waals surface area contributed by atoms with Gasteiger partial charge in [0.25, 0.3) is 5.91 Å². The fourth-order valence-corrected chi connectivity index (χ4v) is 3.11. The summed E-state index contributed by atoms with van der Waals surface area (Å²) in [6, 6.07) is 14.3. The number of carbonyl (C=O) groups is 1. The molecule has 0 saturated carbocycles. The third-order valence-electron chi connectivity index (χ3n) is 4.17. The maximum absolute atomic E-state index is 13.2. The van der Waals surface area contributed by atoms with Gasteiger partial charge in [0.2, 0.25) is 0 Å². The second kappa shape index (κ2) is 8.30. The van der Waals surface area contributed by atoms with Gasteiger partial charge < -0.3 is 10.1 Å². The molecule has 0 fully saturated rings. The van der Waals surface area contributed by atoms with E-state index in [1.165, 1.54) is 28.9 Å². The van der Waals surface area contributed by atoms with Crippen LogP contribution >= 0.6 is 11.6 Å². The van der Waals surface area contributed by atoms with E-state index in [4.69, 9.17) is 16.3 Å². The SMILES string of the molecule is Cc1nn(-c2ccc(F)cc2)c(Cl)c1C(=O)Nc1ccc(Oc2ncccn2)cc1. The average molecular weight is 424 g/mol. The predicted molar refractivity (Wildman–Crippen MR) is 110 cm³/mol. The van der Waals surface area contributed by atoms with Gasteiger partial charge in [-0.05, 0) is 61.5 Å². The van der Waals surface area contributed by atoms with Crippen LogP contribution in [0.5, 0.6) is 11.8 Å². The van der Waals surface area contributed by atoms with Crippen molar-refractivity contribution < 1.29 is 13.9 Å². The third-order valence-corrected chi connectivity index (χ3v) is 4.51. The van der Waals surface area contributed by atoms with Crippen molar-refractivity contribution in [2.24, 2.45) is 0 Å². The average Bonchev–Trinajstić information content (AvgIpc) is 3.05. The van der Waals surface area contributed by atoms with Crippen molar-refractivity contribution in [2.75, 3.05) is 5.32 Å². The Bertz CT molecular complexity index is 1180. The summed E-state index contributed by atoms with van der Waals surface area (Å²) in [4.78, 5) is 20.7. The molecule has 9 heteroatoms. The molecule has 4 rings (SSSR count). The van der Waals surface area contributed by atoms with Crippen molar-refractivity contribution in [2.45, 2.75) is 6.92 Å². The monoisotopic (exact) mass is 423 g/mol. The molecule has 30 heavy (non-hydrogen) atoms. The summed E-state index contributed by atoms with van der Waals surface area (Å²) < 4.78 is 20.1. The number of carbonyl (C=O) groups excluding carboxylic acids is 1. The molecule has 150 valence electrons. The largest absolute Gasteiger partial charge is 0.424 e. The number of ether oxygens (including phenoxy) is 1. The van der Waals surface area contributed by atoms with Crippen molar-refractivity contribution in [1.29, 1.82) is 0 Å². The van der Waals surface area contributed by atoms with Crippen LogP contribution in [-0.2, 0) is 0 Å². The van der Waals surface area contributed by atoms with Gasteiger partial charge in [-0.25, -0.2) is 19.0 Å². The lowest BCUT2D eigenvalue weighted by molar-refractivity contribution is 0.102. The number of hydrogen-bond acceptors (Lipinski definition) is 5.